The molecule has 4 rings (SSSR count). The molecular weight excluding hydrogens is 486 g/mol. The SMILES string of the molecule is COc1cc(NC(=O)C(=O)NC(C)(C)CN2CCN(C(=O)C3C(C)(C)C3(C)C)CC2)ccc1-c1cnco1. The number of aromatic nitrogens is 1. The van der Waals surface area contributed by atoms with Crippen LogP contribution in [-0.4, -0.2) is 77.9 Å². The van der Waals surface area contributed by atoms with E-state index in [1.165, 1.54) is 13.5 Å². The van der Waals surface area contributed by atoms with E-state index in [1.807, 2.05) is 18.7 Å². The Kier molecular flexibility index (Phi) is 7.31. The first-order valence-corrected chi connectivity index (χ1v) is 13.0. The third-order valence-corrected chi connectivity index (χ3v) is 8.39. The summed E-state index contributed by atoms with van der Waals surface area (Å²) in [6, 6.07) is 5.02. The molecule has 1 aliphatic carbocycles. The fourth-order valence-corrected chi connectivity index (χ4v) is 5.59. The second kappa shape index (κ2) is 10.1. The molecular formula is C28H39N5O5. The van der Waals surface area contributed by atoms with Gasteiger partial charge in [-0.15, -0.1) is 0 Å². The van der Waals surface area contributed by atoms with E-state index in [9.17, 15) is 14.4 Å². The number of piperazine rings is 1. The van der Waals surface area contributed by atoms with E-state index in [4.69, 9.17) is 9.15 Å². The smallest absolute Gasteiger partial charge is 0.313 e. The molecule has 0 radical (unpaired) electrons. The summed E-state index contributed by atoms with van der Waals surface area (Å²) in [7, 11) is 1.51. The number of hydrogen-bond donors (Lipinski definition) is 2. The Hall–Kier alpha value is -3.40. The Balaban J connectivity index is 1.27. The van der Waals surface area contributed by atoms with Gasteiger partial charge in [-0.05, 0) is 36.8 Å². The maximum Gasteiger partial charge on any atom is 0.313 e. The molecule has 2 N–H and O–H groups in total. The van der Waals surface area contributed by atoms with E-state index < -0.39 is 17.4 Å². The Bertz CT molecular complexity index is 1180. The van der Waals surface area contributed by atoms with E-state index in [2.05, 4.69) is 48.2 Å². The molecule has 0 bridgehead atoms. The molecule has 10 nitrogen and oxygen atoms in total. The highest BCUT2D eigenvalue weighted by Crippen LogP contribution is 2.68. The number of nitrogens with zero attached hydrogens (tertiary/aromatic N) is 3. The predicted octanol–water partition coefficient (Wildman–Crippen LogP) is 3.01. The van der Waals surface area contributed by atoms with Gasteiger partial charge in [0.05, 0.1) is 18.9 Å². The third kappa shape index (κ3) is 5.41. The maximum absolute atomic E-state index is 13.1. The van der Waals surface area contributed by atoms with Gasteiger partial charge in [-0.2, -0.15) is 0 Å². The van der Waals surface area contributed by atoms with Crippen LogP contribution < -0.4 is 15.4 Å². The standard InChI is InChI=1S/C28H39N5O5/c1-26(2,16-32-10-12-33(13-11-32)25(36)22-27(3,4)28(22,5)6)31-24(35)23(34)30-18-8-9-19(20(14-18)37-7)21-15-29-17-38-21/h8-9,14-15,17,22H,10-13,16H2,1-7H3,(H,30,34)(H,31,35). The summed E-state index contributed by atoms with van der Waals surface area (Å²) < 4.78 is 10.7. The Labute approximate surface area is 224 Å². The average molecular weight is 526 g/mol. The fourth-order valence-electron chi connectivity index (χ4n) is 5.59. The maximum atomic E-state index is 13.1. The van der Waals surface area contributed by atoms with Crippen molar-refractivity contribution >= 4 is 23.4 Å². The highest BCUT2D eigenvalue weighted by atomic mass is 16.5. The van der Waals surface area contributed by atoms with Crippen LogP contribution in [0, 0.1) is 16.7 Å². The number of ether oxygens (including phenoxy) is 1. The number of carbonyl (C=O) groups is 3. The molecule has 2 heterocycles. The van der Waals surface area contributed by atoms with Crippen LogP contribution >= 0.6 is 0 Å². The molecule has 0 spiro atoms. The van der Waals surface area contributed by atoms with E-state index >= 15 is 0 Å². The highest BCUT2D eigenvalue weighted by Gasteiger charge is 2.68. The first-order valence-electron chi connectivity index (χ1n) is 13.0. The summed E-state index contributed by atoms with van der Waals surface area (Å²) in [5.74, 6) is -0.169. The minimum absolute atomic E-state index is 0.0259. The minimum atomic E-state index is -0.766. The molecule has 1 aliphatic heterocycles. The molecule has 1 saturated heterocycles. The number of anilines is 1. The summed E-state index contributed by atoms with van der Waals surface area (Å²) >= 11 is 0. The third-order valence-electron chi connectivity index (χ3n) is 8.39. The van der Waals surface area contributed by atoms with Crippen LogP contribution in [0.5, 0.6) is 5.75 Å². The second-order valence-electron chi connectivity index (χ2n) is 12.1. The van der Waals surface area contributed by atoms with Crippen LogP contribution in [0.1, 0.15) is 41.5 Å². The zero-order valence-corrected chi connectivity index (χ0v) is 23.4. The predicted molar refractivity (Wildman–Crippen MR) is 143 cm³/mol. The summed E-state index contributed by atoms with van der Waals surface area (Å²) in [4.78, 5) is 46.5. The molecule has 1 aromatic heterocycles. The Morgan fingerprint density at radius 3 is 2.29 bits per heavy atom. The van der Waals surface area contributed by atoms with Crippen molar-refractivity contribution in [3.05, 3.63) is 30.8 Å². The van der Waals surface area contributed by atoms with Crippen LogP contribution in [0.25, 0.3) is 11.3 Å². The molecule has 2 fully saturated rings. The van der Waals surface area contributed by atoms with Gasteiger partial charge in [0.25, 0.3) is 0 Å². The van der Waals surface area contributed by atoms with Crippen molar-refractivity contribution < 1.29 is 23.5 Å². The summed E-state index contributed by atoms with van der Waals surface area (Å²) in [5, 5.41) is 5.47. The number of amides is 3. The number of benzene rings is 1. The van der Waals surface area contributed by atoms with E-state index in [1.54, 1.807) is 24.4 Å². The van der Waals surface area contributed by atoms with Gasteiger partial charge in [-0.25, -0.2) is 4.98 Å². The topological polar surface area (TPSA) is 117 Å². The first-order chi connectivity index (χ1) is 17.8. The number of rotatable bonds is 7. The van der Waals surface area contributed by atoms with Gasteiger partial charge in [-0.3, -0.25) is 19.3 Å². The number of methoxy groups -OCH3 is 1. The number of carbonyl (C=O) groups excluding carboxylic acids is 3. The van der Waals surface area contributed by atoms with Crippen LogP contribution in [0.3, 0.4) is 0 Å². The lowest BCUT2D eigenvalue weighted by Gasteiger charge is -2.39. The van der Waals surface area contributed by atoms with Gasteiger partial charge in [-0.1, -0.05) is 27.7 Å². The monoisotopic (exact) mass is 525 g/mol. The lowest BCUT2D eigenvalue weighted by molar-refractivity contribution is -0.137. The van der Waals surface area contributed by atoms with Gasteiger partial charge in [0, 0.05) is 55.9 Å². The van der Waals surface area contributed by atoms with E-state index in [-0.39, 0.29) is 22.7 Å². The molecule has 1 saturated carbocycles. The number of nitrogens with one attached hydrogen (secondary N) is 2. The van der Waals surface area contributed by atoms with Gasteiger partial charge >= 0.3 is 11.8 Å². The molecule has 2 aliphatic rings. The molecule has 2 aromatic rings. The van der Waals surface area contributed by atoms with Crippen molar-refractivity contribution in [3.63, 3.8) is 0 Å². The molecule has 1 aromatic carbocycles. The van der Waals surface area contributed by atoms with Crippen LogP contribution in [0.15, 0.2) is 35.2 Å². The van der Waals surface area contributed by atoms with Crippen LogP contribution in [0.4, 0.5) is 5.69 Å². The van der Waals surface area contributed by atoms with Gasteiger partial charge in [0.15, 0.2) is 12.2 Å². The second-order valence-corrected chi connectivity index (χ2v) is 12.1. The minimum Gasteiger partial charge on any atom is -0.496 e. The number of hydrogen-bond acceptors (Lipinski definition) is 7. The van der Waals surface area contributed by atoms with Crippen molar-refractivity contribution in [2.75, 3.05) is 45.2 Å². The first kappa shape index (κ1) is 27.6. The van der Waals surface area contributed by atoms with E-state index in [0.29, 0.717) is 42.4 Å². The van der Waals surface area contributed by atoms with Crippen LogP contribution in [0.2, 0.25) is 0 Å². The molecule has 206 valence electrons. The lowest BCUT2D eigenvalue weighted by atomic mass is 10.0. The largest absolute Gasteiger partial charge is 0.496 e. The van der Waals surface area contributed by atoms with Crippen molar-refractivity contribution in [2.45, 2.75) is 47.1 Å². The summed E-state index contributed by atoms with van der Waals surface area (Å²) in [6.45, 7) is 15.8. The zero-order chi connectivity index (χ0) is 27.9. The summed E-state index contributed by atoms with van der Waals surface area (Å²) in [6.07, 6.45) is 2.89. The Morgan fingerprint density at radius 2 is 1.74 bits per heavy atom. The highest BCUT2D eigenvalue weighted by molar-refractivity contribution is 6.39. The average Bonchev–Trinajstić information content (AvgIpc) is 3.20. The number of oxazole rings is 1. The summed E-state index contributed by atoms with van der Waals surface area (Å²) in [5.41, 5.74) is 0.511. The van der Waals surface area contributed by atoms with Crippen molar-refractivity contribution in [2.24, 2.45) is 16.7 Å². The van der Waals surface area contributed by atoms with Crippen molar-refractivity contribution in [3.8, 4) is 17.1 Å². The molecule has 3 amide bonds. The zero-order valence-electron chi connectivity index (χ0n) is 23.4. The molecule has 0 atom stereocenters. The van der Waals surface area contributed by atoms with Gasteiger partial charge < -0.3 is 24.7 Å². The normalized spacial score (nSPS) is 19.1. The van der Waals surface area contributed by atoms with Gasteiger partial charge in [0.1, 0.15) is 5.75 Å². The van der Waals surface area contributed by atoms with E-state index in [0.717, 1.165) is 13.1 Å². The lowest BCUT2D eigenvalue weighted by Crippen LogP contribution is -2.58. The molecule has 38 heavy (non-hydrogen) atoms. The molecule has 0 unspecified atom stereocenters. The van der Waals surface area contributed by atoms with Crippen LogP contribution in [-0.2, 0) is 14.4 Å². The fraction of sp³-hybridized carbons (Fsp3) is 0.571. The quantitative estimate of drug-likeness (QED) is 0.534. The Morgan fingerprint density at radius 1 is 1.08 bits per heavy atom. The van der Waals surface area contributed by atoms with Crippen molar-refractivity contribution in [1.29, 1.82) is 0 Å². The van der Waals surface area contributed by atoms with Gasteiger partial charge in [0.2, 0.25) is 5.91 Å². The van der Waals surface area contributed by atoms with Crippen molar-refractivity contribution in [1.82, 2.24) is 20.1 Å². The molecule has 10 heteroatoms.